The van der Waals surface area contributed by atoms with Crippen LogP contribution in [0.15, 0.2) is 35.9 Å². The molecule has 0 aliphatic carbocycles. The summed E-state index contributed by atoms with van der Waals surface area (Å²) in [4.78, 5) is 23.6. The van der Waals surface area contributed by atoms with Crippen LogP contribution in [0, 0.1) is 27.4 Å². The van der Waals surface area contributed by atoms with E-state index in [1.165, 1.54) is 25.3 Å². The van der Waals surface area contributed by atoms with E-state index < -0.39 is 10.8 Å². The molecule has 10 heteroatoms. The molecule has 0 saturated carbocycles. The Bertz CT molecular complexity index is 1140. The highest BCUT2D eigenvalue weighted by atomic mass is 16.6. The normalized spacial score (nSPS) is 12.6. The third kappa shape index (κ3) is 5.71. The molecule has 0 fully saturated rings. The fourth-order valence-electron chi connectivity index (χ4n) is 2.99. The first-order chi connectivity index (χ1) is 15.8. The molecule has 1 heterocycles. The minimum Gasteiger partial charge on any atom is -0.493 e. The number of hydrogen-bond donors (Lipinski definition) is 1. The maximum absolute atomic E-state index is 12.8. The van der Waals surface area contributed by atoms with Gasteiger partial charge >= 0.3 is 0 Å². The second kappa shape index (κ2) is 10.4. The van der Waals surface area contributed by atoms with Gasteiger partial charge in [-0.3, -0.25) is 14.9 Å². The number of nitro benzene ring substituents is 1. The van der Waals surface area contributed by atoms with Gasteiger partial charge in [0.05, 0.1) is 24.7 Å². The highest BCUT2D eigenvalue weighted by Crippen LogP contribution is 2.39. The maximum Gasteiger partial charge on any atom is 0.296 e. The summed E-state index contributed by atoms with van der Waals surface area (Å²) in [6.07, 6.45) is 1.36. The zero-order chi connectivity index (χ0) is 24.0. The zero-order valence-electron chi connectivity index (χ0n) is 18.4. The van der Waals surface area contributed by atoms with Gasteiger partial charge in [0.15, 0.2) is 23.0 Å². The Balaban J connectivity index is 1.88. The maximum atomic E-state index is 12.8. The number of carbonyl (C=O) groups is 1. The molecule has 10 nitrogen and oxygen atoms in total. The van der Waals surface area contributed by atoms with E-state index in [-0.39, 0.29) is 47.6 Å². The van der Waals surface area contributed by atoms with Crippen LogP contribution in [0.4, 0.5) is 11.4 Å². The van der Waals surface area contributed by atoms with Crippen molar-refractivity contribution in [3.05, 3.63) is 51.6 Å². The first-order valence-electron chi connectivity index (χ1n) is 10.1. The van der Waals surface area contributed by atoms with Crippen LogP contribution in [0.1, 0.15) is 19.4 Å². The molecule has 0 aromatic heterocycles. The molecule has 3 rings (SSSR count). The molecule has 1 aliphatic rings. The molecular formula is C23H23N3O7. The molecule has 1 amide bonds. The minimum absolute atomic E-state index is 0.105. The van der Waals surface area contributed by atoms with Crippen LogP contribution in [-0.2, 0) is 4.79 Å². The highest BCUT2D eigenvalue weighted by molar-refractivity contribution is 6.10. The Hall–Kier alpha value is -4.26. The number of anilines is 1. The van der Waals surface area contributed by atoms with Gasteiger partial charge in [-0.1, -0.05) is 19.9 Å². The highest BCUT2D eigenvalue weighted by Gasteiger charge is 2.24. The largest absolute Gasteiger partial charge is 0.493 e. The molecule has 1 aliphatic heterocycles. The van der Waals surface area contributed by atoms with Crippen molar-refractivity contribution in [2.45, 2.75) is 13.8 Å². The van der Waals surface area contributed by atoms with Gasteiger partial charge in [0.1, 0.15) is 30.5 Å². The van der Waals surface area contributed by atoms with Crippen molar-refractivity contribution in [1.29, 1.82) is 5.26 Å². The Morgan fingerprint density at radius 2 is 1.94 bits per heavy atom. The number of nitriles is 1. The predicted molar refractivity (Wildman–Crippen MR) is 120 cm³/mol. The average molecular weight is 453 g/mol. The minimum atomic E-state index is -0.808. The molecule has 0 atom stereocenters. The molecule has 0 saturated heterocycles. The summed E-state index contributed by atoms with van der Waals surface area (Å²) in [5, 5.41) is 23.4. The number of carbonyl (C=O) groups excluding carboxylic acids is 1. The summed E-state index contributed by atoms with van der Waals surface area (Å²) < 4.78 is 21.8. The number of nitrogens with one attached hydrogen (secondary N) is 1. The van der Waals surface area contributed by atoms with Crippen LogP contribution in [-0.4, -0.2) is 37.8 Å². The molecule has 0 spiro atoms. The summed E-state index contributed by atoms with van der Waals surface area (Å²) >= 11 is 0. The predicted octanol–water partition coefficient (Wildman–Crippen LogP) is 3.96. The van der Waals surface area contributed by atoms with Crippen molar-refractivity contribution < 1.29 is 28.7 Å². The van der Waals surface area contributed by atoms with E-state index in [4.69, 9.17) is 18.9 Å². The number of fused-ring (bicyclic) bond motifs is 1. The summed E-state index contributed by atoms with van der Waals surface area (Å²) in [6.45, 7) is 5.02. The van der Waals surface area contributed by atoms with Crippen LogP contribution in [0.5, 0.6) is 23.0 Å². The monoisotopic (exact) mass is 453 g/mol. The van der Waals surface area contributed by atoms with Crippen LogP contribution < -0.4 is 24.3 Å². The van der Waals surface area contributed by atoms with Gasteiger partial charge in [0.2, 0.25) is 0 Å². The van der Waals surface area contributed by atoms with E-state index in [1.807, 2.05) is 19.9 Å². The van der Waals surface area contributed by atoms with Crippen molar-refractivity contribution >= 4 is 23.4 Å². The first-order valence-corrected chi connectivity index (χ1v) is 10.1. The lowest BCUT2D eigenvalue weighted by atomic mass is 10.1. The van der Waals surface area contributed by atoms with E-state index in [9.17, 15) is 20.2 Å². The summed E-state index contributed by atoms with van der Waals surface area (Å²) in [6, 6.07) is 9.31. The number of nitro groups is 1. The number of ether oxygens (including phenoxy) is 4. The third-order valence-electron chi connectivity index (χ3n) is 4.54. The number of nitrogens with zero attached hydrogens (tertiary/aromatic N) is 2. The summed E-state index contributed by atoms with van der Waals surface area (Å²) in [7, 11) is 1.52. The fraction of sp³-hybridized carbons (Fsp3) is 0.304. The summed E-state index contributed by atoms with van der Waals surface area (Å²) in [5.41, 5.74) is -0.207. The third-order valence-corrected chi connectivity index (χ3v) is 4.54. The number of amides is 1. The lowest BCUT2D eigenvalue weighted by Crippen LogP contribution is -2.18. The zero-order valence-corrected chi connectivity index (χ0v) is 18.4. The Kier molecular flexibility index (Phi) is 7.35. The standard InChI is InChI=1S/C23H23N3O7/c1-14(2)13-33-20-9-15(4-5-19(20)30-3)8-16(12-24)23(27)25-17-10-21-22(32-7-6-31-21)11-18(17)26(28)29/h4-5,8-11,14H,6-7,13H2,1-3H3,(H,25,27). The van der Waals surface area contributed by atoms with Crippen LogP contribution in [0.25, 0.3) is 6.08 Å². The second-order valence-corrected chi connectivity index (χ2v) is 7.51. The van der Waals surface area contributed by atoms with Crippen molar-refractivity contribution in [3.8, 4) is 29.1 Å². The Morgan fingerprint density at radius 3 is 2.55 bits per heavy atom. The molecule has 2 aromatic carbocycles. The Morgan fingerprint density at radius 1 is 1.24 bits per heavy atom. The van der Waals surface area contributed by atoms with Crippen molar-refractivity contribution in [2.75, 3.05) is 32.2 Å². The molecule has 0 radical (unpaired) electrons. The van der Waals surface area contributed by atoms with Crippen molar-refractivity contribution in [1.82, 2.24) is 0 Å². The number of benzene rings is 2. The molecule has 0 unspecified atom stereocenters. The van der Waals surface area contributed by atoms with E-state index in [0.29, 0.717) is 23.7 Å². The SMILES string of the molecule is COc1ccc(C=C(C#N)C(=O)Nc2cc3c(cc2[N+](=O)[O-])OCCO3)cc1OCC(C)C. The number of hydrogen-bond acceptors (Lipinski definition) is 8. The van der Waals surface area contributed by atoms with Gasteiger partial charge in [-0.2, -0.15) is 5.26 Å². The molecular weight excluding hydrogens is 430 g/mol. The van der Waals surface area contributed by atoms with Crippen molar-refractivity contribution in [2.24, 2.45) is 5.92 Å². The van der Waals surface area contributed by atoms with Gasteiger partial charge in [-0.15, -0.1) is 0 Å². The smallest absolute Gasteiger partial charge is 0.296 e. The van der Waals surface area contributed by atoms with Crippen molar-refractivity contribution in [3.63, 3.8) is 0 Å². The molecule has 172 valence electrons. The second-order valence-electron chi connectivity index (χ2n) is 7.51. The first kappa shape index (κ1) is 23.4. The number of methoxy groups -OCH3 is 1. The van der Waals surface area contributed by atoms with E-state index >= 15 is 0 Å². The molecule has 0 bridgehead atoms. The van der Waals surface area contributed by atoms with Gasteiger partial charge in [-0.05, 0) is 29.7 Å². The summed E-state index contributed by atoms with van der Waals surface area (Å²) in [5.74, 6) is 0.956. The molecule has 33 heavy (non-hydrogen) atoms. The van der Waals surface area contributed by atoms with E-state index in [0.717, 1.165) is 0 Å². The van der Waals surface area contributed by atoms with Gasteiger partial charge in [0.25, 0.3) is 11.6 Å². The van der Waals surface area contributed by atoms with Crippen LogP contribution in [0.3, 0.4) is 0 Å². The fourth-order valence-corrected chi connectivity index (χ4v) is 2.99. The van der Waals surface area contributed by atoms with Gasteiger partial charge in [0, 0.05) is 6.07 Å². The average Bonchev–Trinajstić information content (AvgIpc) is 2.80. The quantitative estimate of drug-likeness (QED) is 0.275. The molecule has 2 aromatic rings. The lowest BCUT2D eigenvalue weighted by molar-refractivity contribution is -0.384. The van der Waals surface area contributed by atoms with E-state index in [2.05, 4.69) is 5.32 Å². The van der Waals surface area contributed by atoms with Gasteiger partial charge < -0.3 is 24.3 Å². The lowest BCUT2D eigenvalue weighted by Gasteiger charge is -2.19. The molecule has 1 N–H and O–H groups in total. The van der Waals surface area contributed by atoms with Crippen LogP contribution >= 0.6 is 0 Å². The Labute approximate surface area is 190 Å². The van der Waals surface area contributed by atoms with E-state index in [1.54, 1.807) is 18.2 Å². The number of rotatable bonds is 8. The van der Waals surface area contributed by atoms with Crippen LogP contribution in [0.2, 0.25) is 0 Å². The topological polar surface area (TPSA) is 133 Å². The van der Waals surface area contributed by atoms with Gasteiger partial charge in [-0.25, -0.2) is 0 Å².